The maximum atomic E-state index is 9.39. The highest BCUT2D eigenvalue weighted by molar-refractivity contribution is 6.32. The molecular weight excluding hydrogens is 224 g/mol. The van der Waals surface area contributed by atoms with Gasteiger partial charge in [0, 0.05) is 0 Å². The molecule has 3 heteroatoms. The van der Waals surface area contributed by atoms with E-state index in [1.54, 1.807) is 13.0 Å². The van der Waals surface area contributed by atoms with Gasteiger partial charge in [0.25, 0.3) is 0 Å². The molecule has 0 saturated carbocycles. The molecule has 1 aromatic rings. The van der Waals surface area contributed by atoms with E-state index in [2.05, 4.69) is 6.92 Å². The summed E-state index contributed by atoms with van der Waals surface area (Å²) in [6.07, 6.45) is 2.90. The van der Waals surface area contributed by atoms with E-state index in [0.717, 1.165) is 12.0 Å². The maximum Gasteiger partial charge on any atom is 0.137 e. The Hall–Kier alpha value is -0.730. The number of hydrogen-bond acceptors (Lipinski definition) is 2. The lowest BCUT2D eigenvalue weighted by molar-refractivity contribution is 0.199. The molecule has 0 aliphatic rings. The van der Waals surface area contributed by atoms with E-state index in [1.165, 1.54) is 12.8 Å². The molecule has 0 fully saturated rings. The summed E-state index contributed by atoms with van der Waals surface area (Å²) in [5.41, 5.74) is 0.811. The van der Waals surface area contributed by atoms with Crippen LogP contribution in [-0.2, 0) is 0 Å². The number of halogens is 1. The van der Waals surface area contributed by atoms with Gasteiger partial charge in [-0.1, -0.05) is 37.4 Å². The second-order valence-electron chi connectivity index (χ2n) is 3.92. The summed E-state index contributed by atoms with van der Waals surface area (Å²) in [4.78, 5) is 0. The molecule has 0 aromatic heterocycles. The number of unbranched alkanes of at least 4 members (excludes halogenated alkanes) is 2. The number of ether oxygens (including phenoxy) is 1. The lowest BCUT2D eigenvalue weighted by atomic mass is 10.1. The Bertz CT molecular complexity index is 324. The average molecular weight is 243 g/mol. The zero-order valence-electron chi connectivity index (χ0n) is 9.87. The first-order valence-corrected chi connectivity index (χ1v) is 6.13. The van der Waals surface area contributed by atoms with Crippen molar-refractivity contribution in [2.24, 2.45) is 0 Å². The topological polar surface area (TPSA) is 29.5 Å². The third-order valence-electron chi connectivity index (χ3n) is 2.44. The minimum Gasteiger partial charge on any atom is -0.492 e. The van der Waals surface area contributed by atoms with E-state index in [9.17, 15) is 5.11 Å². The van der Waals surface area contributed by atoms with Gasteiger partial charge < -0.3 is 9.84 Å². The van der Waals surface area contributed by atoms with Gasteiger partial charge >= 0.3 is 0 Å². The van der Waals surface area contributed by atoms with Crippen molar-refractivity contribution in [2.45, 2.75) is 39.2 Å². The number of rotatable bonds is 6. The number of benzene rings is 1. The minimum atomic E-state index is -0.494. The lowest BCUT2D eigenvalue weighted by Crippen LogP contribution is -1.98. The smallest absolute Gasteiger partial charge is 0.137 e. The molecule has 1 atom stereocenters. The molecule has 1 unspecified atom stereocenters. The molecule has 90 valence electrons. The molecule has 0 amide bonds. The van der Waals surface area contributed by atoms with Crippen molar-refractivity contribution in [3.8, 4) is 5.75 Å². The largest absolute Gasteiger partial charge is 0.492 e. The van der Waals surface area contributed by atoms with Crippen LogP contribution in [0.5, 0.6) is 5.75 Å². The molecule has 16 heavy (non-hydrogen) atoms. The van der Waals surface area contributed by atoms with Crippen LogP contribution in [0.2, 0.25) is 5.02 Å². The fraction of sp³-hybridized carbons (Fsp3) is 0.538. The Kier molecular flexibility index (Phi) is 5.64. The standard InChI is InChI=1S/C13H19ClO2/c1-3-4-5-8-16-13-7-6-11(10(2)15)9-12(13)14/h6-7,9-10,15H,3-5,8H2,1-2H3. The van der Waals surface area contributed by atoms with E-state index >= 15 is 0 Å². The molecule has 0 spiro atoms. The van der Waals surface area contributed by atoms with Gasteiger partial charge in [-0.25, -0.2) is 0 Å². The zero-order chi connectivity index (χ0) is 12.0. The van der Waals surface area contributed by atoms with Crippen LogP contribution in [0, 0.1) is 0 Å². The quantitative estimate of drug-likeness (QED) is 0.765. The van der Waals surface area contributed by atoms with Crippen LogP contribution < -0.4 is 4.74 Å². The van der Waals surface area contributed by atoms with Crippen molar-refractivity contribution in [2.75, 3.05) is 6.61 Å². The van der Waals surface area contributed by atoms with E-state index < -0.39 is 6.10 Å². The van der Waals surface area contributed by atoms with Crippen LogP contribution in [0.3, 0.4) is 0 Å². The van der Waals surface area contributed by atoms with Gasteiger partial charge in [0.2, 0.25) is 0 Å². The average Bonchev–Trinajstić information content (AvgIpc) is 2.26. The second-order valence-corrected chi connectivity index (χ2v) is 4.33. The van der Waals surface area contributed by atoms with Gasteiger partial charge in [-0.15, -0.1) is 0 Å². The van der Waals surface area contributed by atoms with E-state index in [0.29, 0.717) is 17.4 Å². The zero-order valence-corrected chi connectivity index (χ0v) is 10.6. The highest BCUT2D eigenvalue weighted by Gasteiger charge is 2.06. The highest BCUT2D eigenvalue weighted by Crippen LogP contribution is 2.27. The first kappa shape index (κ1) is 13.3. The molecule has 1 N–H and O–H groups in total. The summed E-state index contributed by atoms with van der Waals surface area (Å²) < 4.78 is 5.56. The summed E-state index contributed by atoms with van der Waals surface area (Å²) >= 11 is 6.05. The molecule has 0 aliphatic carbocycles. The van der Waals surface area contributed by atoms with Crippen molar-refractivity contribution in [1.82, 2.24) is 0 Å². The van der Waals surface area contributed by atoms with Crippen molar-refractivity contribution < 1.29 is 9.84 Å². The Labute approximate surface area is 102 Å². The molecule has 0 bridgehead atoms. The third-order valence-corrected chi connectivity index (χ3v) is 2.74. The molecule has 1 aromatic carbocycles. The number of aliphatic hydroxyl groups excluding tert-OH is 1. The van der Waals surface area contributed by atoms with Gasteiger partial charge in [0.15, 0.2) is 0 Å². The molecule has 0 aliphatic heterocycles. The van der Waals surface area contributed by atoms with Crippen LogP contribution in [0.4, 0.5) is 0 Å². The Morgan fingerprint density at radius 2 is 2.12 bits per heavy atom. The summed E-state index contributed by atoms with van der Waals surface area (Å²) in [6.45, 7) is 4.57. The third kappa shape index (κ3) is 4.03. The summed E-state index contributed by atoms with van der Waals surface area (Å²) in [5.74, 6) is 0.696. The number of hydrogen-bond donors (Lipinski definition) is 1. The molecule has 1 rings (SSSR count). The Morgan fingerprint density at radius 1 is 1.38 bits per heavy atom. The maximum absolute atomic E-state index is 9.39. The van der Waals surface area contributed by atoms with Gasteiger partial charge in [-0.05, 0) is 31.0 Å². The molecule has 0 saturated heterocycles. The van der Waals surface area contributed by atoms with Crippen LogP contribution >= 0.6 is 11.6 Å². The van der Waals surface area contributed by atoms with E-state index in [4.69, 9.17) is 16.3 Å². The fourth-order valence-corrected chi connectivity index (χ4v) is 1.67. The predicted molar refractivity (Wildman–Crippen MR) is 67.1 cm³/mol. The van der Waals surface area contributed by atoms with Crippen LogP contribution in [0.1, 0.15) is 44.8 Å². The van der Waals surface area contributed by atoms with Crippen LogP contribution in [0.25, 0.3) is 0 Å². The van der Waals surface area contributed by atoms with Crippen LogP contribution in [0.15, 0.2) is 18.2 Å². The van der Waals surface area contributed by atoms with Gasteiger partial charge in [-0.2, -0.15) is 0 Å². The minimum absolute atomic E-state index is 0.494. The van der Waals surface area contributed by atoms with E-state index in [1.807, 2.05) is 12.1 Å². The fourth-order valence-electron chi connectivity index (χ4n) is 1.43. The summed E-state index contributed by atoms with van der Waals surface area (Å²) in [5, 5.41) is 9.95. The predicted octanol–water partition coefficient (Wildman–Crippen LogP) is 3.96. The van der Waals surface area contributed by atoms with Gasteiger partial charge in [0.1, 0.15) is 5.75 Å². The van der Waals surface area contributed by atoms with Crippen molar-refractivity contribution in [1.29, 1.82) is 0 Å². The van der Waals surface area contributed by atoms with Crippen LogP contribution in [-0.4, -0.2) is 11.7 Å². The summed E-state index contributed by atoms with van der Waals surface area (Å²) in [7, 11) is 0. The van der Waals surface area contributed by atoms with Crippen molar-refractivity contribution in [3.63, 3.8) is 0 Å². The first-order valence-electron chi connectivity index (χ1n) is 5.75. The first-order chi connectivity index (χ1) is 7.65. The molecule has 2 nitrogen and oxygen atoms in total. The van der Waals surface area contributed by atoms with Gasteiger partial charge in [0.05, 0.1) is 17.7 Å². The van der Waals surface area contributed by atoms with E-state index in [-0.39, 0.29) is 0 Å². The monoisotopic (exact) mass is 242 g/mol. The Morgan fingerprint density at radius 3 is 2.69 bits per heavy atom. The number of aliphatic hydroxyl groups is 1. The van der Waals surface area contributed by atoms with Gasteiger partial charge in [-0.3, -0.25) is 0 Å². The van der Waals surface area contributed by atoms with Crippen molar-refractivity contribution >= 4 is 11.6 Å². The molecule has 0 heterocycles. The SMILES string of the molecule is CCCCCOc1ccc(C(C)O)cc1Cl. The summed E-state index contributed by atoms with van der Waals surface area (Å²) in [6, 6.07) is 5.41. The second kappa shape index (κ2) is 6.77. The van der Waals surface area contributed by atoms with Crippen molar-refractivity contribution in [3.05, 3.63) is 28.8 Å². The Balaban J connectivity index is 2.54. The normalized spacial score (nSPS) is 12.5. The highest BCUT2D eigenvalue weighted by atomic mass is 35.5. The molecular formula is C13H19ClO2. The lowest BCUT2D eigenvalue weighted by Gasteiger charge is -2.10. The molecule has 0 radical (unpaired) electrons.